The largest absolute Gasteiger partial charge is 0.497 e. The molecule has 2 heterocycles. The van der Waals surface area contributed by atoms with Crippen LogP contribution in [0.25, 0.3) is 11.6 Å². The summed E-state index contributed by atoms with van der Waals surface area (Å²) in [7, 11) is 1.63. The van der Waals surface area contributed by atoms with E-state index in [1.807, 2.05) is 42.5 Å². The minimum atomic E-state index is -0.118. The average molecular weight is 415 g/mol. The Balaban J connectivity index is 1.59. The first kappa shape index (κ1) is 19.5. The third-order valence-electron chi connectivity index (χ3n) is 6.12. The molecule has 1 aliphatic heterocycles. The molecule has 0 radical (unpaired) electrons. The normalized spacial score (nSPS) is 17.1. The molecule has 0 saturated carbocycles. The molecule has 2 N–H and O–H groups in total. The van der Waals surface area contributed by atoms with Gasteiger partial charge in [-0.25, -0.2) is 0 Å². The Morgan fingerprint density at radius 3 is 2.74 bits per heavy atom. The van der Waals surface area contributed by atoms with E-state index in [0.717, 1.165) is 65.5 Å². The standard InChI is InChI=1S/C26H26N2O3/c1-16(27-17-8-4-3-5-9-17)25-19-10-6-7-11-23(19)31-24(25)15-21-20-14-18(30-2)12-13-22(20)28-26(21)29/h3-5,8-9,12-16,27H,6-7,10-11H2,1-2H3,(H,28,29). The third kappa shape index (κ3) is 3.61. The molecule has 1 atom stereocenters. The van der Waals surface area contributed by atoms with Crippen LogP contribution in [0.3, 0.4) is 0 Å². The van der Waals surface area contributed by atoms with Crippen molar-refractivity contribution in [2.75, 3.05) is 17.7 Å². The monoisotopic (exact) mass is 414 g/mol. The number of hydrogen-bond acceptors (Lipinski definition) is 4. The van der Waals surface area contributed by atoms with Gasteiger partial charge in [0.15, 0.2) is 0 Å². The Morgan fingerprint density at radius 1 is 1.13 bits per heavy atom. The first-order valence-corrected chi connectivity index (χ1v) is 10.8. The summed E-state index contributed by atoms with van der Waals surface area (Å²) in [6, 6.07) is 15.9. The molecule has 1 unspecified atom stereocenters. The minimum absolute atomic E-state index is 0.0501. The maximum atomic E-state index is 12.8. The van der Waals surface area contributed by atoms with Crippen LogP contribution < -0.4 is 15.4 Å². The fraction of sp³-hybridized carbons (Fsp3) is 0.269. The van der Waals surface area contributed by atoms with E-state index in [0.29, 0.717) is 5.57 Å². The maximum absolute atomic E-state index is 12.8. The Morgan fingerprint density at radius 2 is 1.94 bits per heavy atom. The van der Waals surface area contributed by atoms with Crippen molar-refractivity contribution in [1.29, 1.82) is 0 Å². The molecular formula is C26H26N2O3. The molecule has 0 bridgehead atoms. The Hall–Kier alpha value is -3.47. The molecular weight excluding hydrogens is 388 g/mol. The zero-order chi connectivity index (χ0) is 21.4. The van der Waals surface area contributed by atoms with Gasteiger partial charge in [0.25, 0.3) is 5.91 Å². The van der Waals surface area contributed by atoms with Crippen molar-refractivity contribution in [2.45, 2.75) is 38.6 Å². The lowest BCUT2D eigenvalue weighted by Crippen LogP contribution is -2.11. The lowest BCUT2D eigenvalue weighted by molar-refractivity contribution is -0.110. The van der Waals surface area contributed by atoms with Crippen molar-refractivity contribution < 1.29 is 13.9 Å². The van der Waals surface area contributed by atoms with E-state index in [-0.39, 0.29) is 11.9 Å². The van der Waals surface area contributed by atoms with Crippen molar-refractivity contribution in [2.24, 2.45) is 0 Å². The number of benzene rings is 2. The van der Waals surface area contributed by atoms with Gasteiger partial charge in [0, 0.05) is 28.9 Å². The van der Waals surface area contributed by atoms with E-state index in [1.165, 1.54) is 5.56 Å². The molecule has 2 aliphatic rings. The first-order valence-electron chi connectivity index (χ1n) is 10.8. The van der Waals surface area contributed by atoms with Gasteiger partial charge >= 0.3 is 0 Å². The lowest BCUT2D eigenvalue weighted by atomic mass is 9.91. The summed E-state index contributed by atoms with van der Waals surface area (Å²) in [6.45, 7) is 2.15. The number of carbonyl (C=O) groups excluding carboxylic acids is 1. The van der Waals surface area contributed by atoms with Gasteiger partial charge in [-0.3, -0.25) is 4.79 Å². The van der Waals surface area contributed by atoms with Crippen molar-refractivity contribution in [3.63, 3.8) is 0 Å². The number of rotatable bonds is 5. The zero-order valence-corrected chi connectivity index (χ0v) is 17.8. The Bertz CT molecular complexity index is 1160. The highest BCUT2D eigenvalue weighted by Gasteiger charge is 2.29. The predicted molar refractivity (Wildman–Crippen MR) is 123 cm³/mol. The molecule has 31 heavy (non-hydrogen) atoms. The molecule has 158 valence electrons. The van der Waals surface area contributed by atoms with Crippen molar-refractivity contribution in [3.8, 4) is 5.75 Å². The number of aryl methyl sites for hydroxylation is 1. The molecule has 5 nitrogen and oxygen atoms in total. The van der Waals surface area contributed by atoms with Crippen LogP contribution in [-0.2, 0) is 17.6 Å². The molecule has 5 heteroatoms. The van der Waals surface area contributed by atoms with Crippen LogP contribution in [0.2, 0.25) is 0 Å². The maximum Gasteiger partial charge on any atom is 0.256 e. The summed E-state index contributed by atoms with van der Waals surface area (Å²) in [4.78, 5) is 12.8. The van der Waals surface area contributed by atoms with Crippen LogP contribution in [0, 0.1) is 0 Å². The smallest absolute Gasteiger partial charge is 0.256 e. The van der Waals surface area contributed by atoms with Gasteiger partial charge in [-0.1, -0.05) is 18.2 Å². The van der Waals surface area contributed by atoms with Crippen molar-refractivity contribution in [3.05, 3.63) is 76.7 Å². The van der Waals surface area contributed by atoms with Crippen LogP contribution >= 0.6 is 0 Å². The SMILES string of the molecule is COc1ccc2c(c1)C(=Cc1oc3c(c1C(C)Nc1ccccc1)CCCC3)C(=O)N2. The minimum Gasteiger partial charge on any atom is -0.497 e. The summed E-state index contributed by atoms with van der Waals surface area (Å²) in [5.41, 5.74) is 5.74. The van der Waals surface area contributed by atoms with Gasteiger partial charge in [-0.05, 0) is 68.2 Å². The van der Waals surface area contributed by atoms with E-state index < -0.39 is 0 Å². The average Bonchev–Trinajstić information content (AvgIpc) is 3.31. The van der Waals surface area contributed by atoms with Gasteiger partial charge in [0.1, 0.15) is 17.3 Å². The van der Waals surface area contributed by atoms with Crippen LogP contribution in [0.15, 0.2) is 52.9 Å². The second kappa shape index (κ2) is 7.99. The highest BCUT2D eigenvalue weighted by atomic mass is 16.5. The Kier molecular flexibility index (Phi) is 5.02. The van der Waals surface area contributed by atoms with Crippen molar-refractivity contribution in [1.82, 2.24) is 0 Å². The number of nitrogens with one attached hydrogen (secondary N) is 2. The Labute approximate surface area is 182 Å². The van der Waals surface area contributed by atoms with Gasteiger partial charge in [0.2, 0.25) is 0 Å². The van der Waals surface area contributed by atoms with Crippen LogP contribution in [0.5, 0.6) is 5.75 Å². The van der Waals surface area contributed by atoms with Gasteiger partial charge in [-0.15, -0.1) is 0 Å². The number of anilines is 2. The second-order valence-corrected chi connectivity index (χ2v) is 8.14. The zero-order valence-electron chi connectivity index (χ0n) is 17.8. The van der Waals surface area contributed by atoms with Crippen LogP contribution in [0.1, 0.15) is 54.0 Å². The summed E-state index contributed by atoms with van der Waals surface area (Å²) < 4.78 is 11.7. The van der Waals surface area contributed by atoms with E-state index in [4.69, 9.17) is 9.15 Å². The molecule has 5 rings (SSSR count). The lowest BCUT2D eigenvalue weighted by Gasteiger charge is -2.18. The summed E-state index contributed by atoms with van der Waals surface area (Å²) >= 11 is 0. The molecule has 3 aromatic rings. The van der Waals surface area contributed by atoms with Crippen LogP contribution in [0.4, 0.5) is 11.4 Å². The van der Waals surface area contributed by atoms with Gasteiger partial charge in [-0.2, -0.15) is 0 Å². The highest BCUT2D eigenvalue weighted by Crippen LogP contribution is 2.40. The van der Waals surface area contributed by atoms with E-state index in [1.54, 1.807) is 7.11 Å². The second-order valence-electron chi connectivity index (χ2n) is 8.14. The number of ether oxygens (including phenoxy) is 1. The van der Waals surface area contributed by atoms with Crippen LogP contribution in [-0.4, -0.2) is 13.0 Å². The number of hydrogen-bond donors (Lipinski definition) is 2. The first-order chi connectivity index (χ1) is 15.1. The highest BCUT2D eigenvalue weighted by molar-refractivity contribution is 6.34. The number of amides is 1. The fourth-order valence-corrected chi connectivity index (χ4v) is 4.62. The number of methoxy groups -OCH3 is 1. The number of fused-ring (bicyclic) bond motifs is 2. The van der Waals surface area contributed by atoms with Crippen molar-refractivity contribution >= 4 is 28.9 Å². The summed E-state index contributed by atoms with van der Waals surface area (Å²) in [6.07, 6.45) is 6.15. The topological polar surface area (TPSA) is 63.5 Å². The molecule has 0 saturated heterocycles. The molecule has 2 aromatic carbocycles. The molecule has 0 spiro atoms. The van der Waals surface area contributed by atoms with E-state index in [9.17, 15) is 4.79 Å². The van der Waals surface area contributed by atoms with E-state index in [2.05, 4.69) is 29.7 Å². The molecule has 1 amide bonds. The summed E-state index contributed by atoms with van der Waals surface area (Å²) in [5, 5.41) is 6.55. The number of para-hydroxylation sites is 1. The predicted octanol–water partition coefficient (Wildman–Crippen LogP) is 5.83. The number of furan rings is 1. The quantitative estimate of drug-likeness (QED) is 0.516. The van der Waals surface area contributed by atoms with Gasteiger partial charge in [0.05, 0.1) is 18.7 Å². The molecule has 1 aliphatic carbocycles. The fourth-order valence-electron chi connectivity index (χ4n) is 4.62. The number of carbonyl (C=O) groups is 1. The summed E-state index contributed by atoms with van der Waals surface area (Å²) in [5.74, 6) is 2.43. The molecule has 0 fully saturated rings. The van der Waals surface area contributed by atoms with Gasteiger partial charge < -0.3 is 19.8 Å². The molecule has 1 aromatic heterocycles. The van der Waals surface area contributed by atoms with E-state index >= 15 is 0 Å². The third-order valence-corrected chi connectivity index (χ3v) is 6.12.